The standard InChI is InChI=1S/C25H32Cl2N8O2S/c1-15-12-34(13-16(2)30-15)21-8-18(38(36,37)32-25(3)5-6-25)9-22-19(21)10-29-35(22)17-4-7-33(14-17)23-20(26)11-28-24(27)31-23/h8-11,15-17,30,32H,4-7,12-14H2,1-3H3/t15-,16+,17?. The summed E-state index contributed by atoms with van der Waals surface area (Å²) in [6.07, 6.45) is 5.87. The van der Waals surface area contributed by atoms with Crippen molar-refractivity contribution in [2.45, 2.75) is 68.6 Å². The van der Waals surface area contributed by atoms with E-state index in [9.17, 15) is 8.42 Å². The Morgan fingerprint density at radius 3 is 2.53 bits per heavy atom. The molecule has 3 aromatic rings. The average molecular weight is 580 g/mol. The highest BCUT2D eigenvalue weighted by Gasteiger charge is 2.41. The minimum atomic E-state index is -3.71. The predicted octanol–water partition coefficient (Wildman–Crippen LogP) is 3.60. The fourth-order valence-electron chi connectivity index (χ4n) is 5.70. The van der Waals surface area contributed by atoms with Crippen LogP contribution in [0.4, 0.5) is 11.5 Å². The first kappa shape index (κ1) is 26.1. The first-order chi connectivity index (χ1) is 18.0. The molecule has 204 valence electrons. The van der Waals surface area contributed by atoms with E-state index in [-0.39, 0.29) is 33.8 Å². The smallest absolute Gasteiger partial charge is 0.241 e. The summed E-state index contributed by atoms with van der Waals surface area (Å²) in [6.45, 7) is 9.15. The molecule has 3 aliphatic rings. The molecule has 1 unspecified atom stereocenters. The van der Waals surface area contributed by atoms with Crippen molar-refractivity contribution >= 4 is 55.6 Å². The molecule has 1 aromatic carbocycles. The van der Waals surface area contributed by atoms with E-state index in [0.29, 0.717) is 17.4 Å². The number of hydrogen-bond donors (Lipinski definition) is 2. The van der Waals surface area contributed by atoms with Gasteiger partial charge in [0.2, 0.25) is 15.3 Å². The molecule has 3 fully saturated rings. The van der Waals surface area contributed by atoms with Gasteiger partial charge in [0.25, 0.3) is 0 Å². The topological polar surface area (TPSA) is 108 Å². The summed E-state index contributed by atoms with van der Waals surface area (Å²) in [4.78, 5) is 12.9. The number of halogens is 2. The Balaban J connectivity index is 1.41. The van der Waals surface area contributed by atoms with Crippen molar-refractivity contribution in [2.75, 3.05) is 36.0 Å². The number of anilines is 2. The van der Waals surface area contributed by atoms with Gasteiger partial charge in [0, 0.05) is 54.9 Å². The van der Waals surface area contributed by atoms with Crippen molar-refractivity contribution in [1.82, 2.24) is 29.8 Å². The number of fused-ring (bicyclic) bond motifs is 1. The van der Waals surface area contributed by atoms with Crippen LogP contribution < -0.4 is 19.8 Å². The van der Waals surface area contributed by atoms with Crippen LogP contribution in [-0.4, -0.2) is 72.0 Å². The molecule has 0 amide bonds. The van der Waals surface area contributed by atoms with Gasteiger partial charge in [-0.2, -0.15) is 10.1 Å². The van der Waals surface area contributed by atoms with Crippen LogP contribution in [-0.2, 0) is 10.0 Å². The van der Waals surface area contributed by atoms with Gasteiger partial charge in [-0.3, -0.25) is 4.68 Å². The van der Waals surface area contributed by atoms with E-state index in [0.717, 1.165) is 55.5 Å². The normalized spacial score (nSPS) is 25.3. The third-order valence-electron chi connectivity index (χ3n) is 7.76. The number of hydrogen-bond acceptors (Lipinski definition) is 8. The highest BCUT2D eigenvalue weighted by atomic mass is 35.5. The summed E-state index contributed by atoms with van der Waals surface area (Å²) >= 11 is 12.4. The van der Waals surface area contributed by atoms with E-state index in [1.165, 1.54) is 6.20 Å². The second-order valence-corrected chi connectivity index (χ2v) is 13.6. The van der Waals surface area contributed by atoms with Gasteiger partial charge in [0.05, 0.1) is 28.8 Å². The van der Waals surface area contributed by atoms with Crippen LogP contribution in [0.15, 0.2) is 29.4 Å². The molecule has 2 saturated heterocycles. The molecule has 3 atom stereocenters. The van der Waals surface area contributed by atoms with E-state index in [1.807, 2.05) is 23.9 Å². The zero-order valence-electron chi connectivity index (χ0n) is 21.7. The van der Waals surface area contributed by atoms with Crippen molar-refractivity contribution in [2.24, 2.45) is 0 Å². The second kappa shape index (κ2) is 9.48. The average Bonchev–Trinajstić information content (AvgIpc) is 3.22. The first-order valence-corrected chi connectivity index (χ1v) is 15.2. The lowest BCUT2D eigenvalue weighted by atomic mass is 10.1. The van der Waals surface area contributed by atoms with E-state index in [4.69, 9.17) is 28.3 Å². The van der Waals surface area contributed by atoms with Crippen molar-refractivity contribution < 1.29 is 8.42 Å². The Labute approximate surface area is 232 Å². The molecule has 2 aromatic heterocycles. The summed E-state index contributed by atoms with van der Waals surface area (Å²) < 4.78 is 31.9. The summed E-state index contributed by atoms with van der Waals surface area (Å²) in [5.41, 5.74) is 1.34. The maximum Gasteiger partial charge on any atom is 0.241 e. The van der Waals surface area contributed by atoms with Crippen LogP contribution in [0.1, 0.15) is 46.1 Å². The number of rotatable bonds is 6. The van der Waals surface area contributed by atoms with Gasteiger partial charge in [0.15, 0.2) is 5.82 Å². The minimum Gasteiger partial charge on any atom is -0.368 e. The number of benzene rings is 1. The largest absolute Gasteiger partial charge is 0.368 e. The van der Waals surface area contributed by atoms with Crippen molar-refractivity contribution in [3.63, 3.8) is 0 Å². The van der Waals surface area contributed by atoms with E-state index in [2.05, 4.69) is 43.7 Å². The Morgan fingerprint density at radius 1 is 1.08 bits per heavy atom. The van der Waals surface area contributed by atoms with Crippen molar-refractivity contribution in [3.05, 3.63) is 34.8 Å². The molecule has 1 saturated carbocycles. The van der Waals surface area contributed by atoms with Crippen LogP contribution in [0.5, 0.6) is 0 Å². The first-order valence-electron chi connectivity index (χ1n) is 13.0. The van der Waals surface area contributed by atoms with E-state index < -0.39 is 10.0 Å². The van der Waals surface area contributed by atoms with E-state index in [1.54, 1.807) is 6.07 Å². The lowest BCUT2D eigenvalue weighted by molar-refractivity contribution is 0.407. The van der Waals surface area contributed by atoms with Crippen molar-refractivity contribution in [1.29, 1.82) is 0 Å². The molecule has 0 spiro atoms. The Kier molecular flexibility index (Phi) is 6.50. The summed E-state index contributed by atoms with van der Waals surface area (Å²) in [6, 6.07) is 4.15. The summed E-state index contributed by atoms with van der Waals surface area (Å²) in [5.74, 6) is 0.597. The zero-order chi connectivity index (χ0) is 26.8. The molecule has 38 heavy (non-hydrogen) atoms. The SMILES string of the molecule is C[C@@H]1CN(c2cc(S(=O)(=O)NC3(C)CC3)cc3c2cnn3C2CCN(c3nc(Cl)ncc3Cl)C2)C[C@H](C)N1. The van der Waals surface area contributed by atoms with E-state index >= 15 is 0 Å². The molecule has 4 heterocycles. The fourth-order valence-corrected chi connectivity index (χ4v) is 7.54. The Morgan fingerprint density at radius 2 is 1.82 bits per heavy atom. The Hall–Kier alpha value is -2.18. The van der Waals surface area contributed by atoms with Gasteiger partial charge in [-0.05, 0) is 63.8 Å². The van der Waals surface area contributed by atoms with Crippen molar-refractivity contribution in [3.8, 4) is 0 Å². The molecule has 1 aliphatic carbocycles. The molecular formula is C25H32Cl2N8O2S. The molecule has 2 aliphatic heterocycles. The van der Waals surface area contributed by atoms with Crippen LogP contribution in [0.2, 0.25) is 10.3 Å². The molecule has 6 rings (SSSR count). The lowest BCUT2D eigenvalue weighted by Crippen LogP contribution is -2.54. The lowest BCUT2D eigenvalue weighted by Gasteiger charge is -2.38. The van der Waals surface area contributed by atoms with Crippen LogP contribution in [0.3, 0.4) is 0 Å². The Bertz CT molecular complexity index is 1480. The van der Waals surface area contributed by atoms with Gasteiger partial charge >= 0.3 is 0 Å². The highest BCUT2D eigenvalue weighted by molar-refractivity contribution is 7.89. The van der Waals surface area contributed by atoms with Gasteiger partial charge in [-0.25, -0.2) is 18.1 Å². The van der Waals surface area contributed by atoms with Gasteiger partial charge in [-0.15, -0.1) is 0 Å². The number of aromatic nitrogens is 4. The zero-order valence-corrected chi connectivity index (χ0v) is 24.0. The minimum absolute atomic E-state index is 0.0119. The number of piperazine rings is 1. The summed E-state index contributed by atoms with van der Waals surface area (Å²) in [5, 5.41) is 9.89. The predicted molar refractivity (Wildman–Crippen MR) is 150 cm³/mol. The van der Waals surface area contributed by atoms with Crippen LogP contribution in [0.25, 0.3) is 10.9 Å². The maximum atomic E-state index is 13.5. The third kappa shape index (κ3) is 4.95. The highest BCUT2D eigenvalue weighted by Crippen LogP contribution is 2.39. The fraction of sp³-hybridized carbons (Fsp3) is 0.560. The molecular weight excluding hydrogens is 547 g/mol. The third-order valence-corrected chi connectivity index (χ3v) is 9.83. The molecule has 10 nitrogen and oxygen atoms in total. The van der Waals surface area contributed by atoms with Crippen LogP contribution >= 0.6 is 23.2 Å². The van der Waals surface area contributed by atoms with Gasteiger partial charge < -0.3 is 15.1 Å². The van der Waals surface area contributed by atoms with Gasteiger partial charge in [0.1, 0.15) is 5.02 Å². The summed E-state index contributed by atoms with van der Waals surface area (Å²) in [7, 11) is -3.71. The monoisotopic (exact) mass is 578 g/mol. The molecule has 0 radical (unpaired) electrons. The number of nitrogens with zero attached hydrogens (tertiary/aromatic N) is 6. The second-order valence-electron chi connectivity index (χ2n) is 11.2. The molecule has 0 bridgehead atoms. The number of sulfonamides is 1. The quantitative estimate of drug-likeness (QED) is 0.427. The molecule has 13 heteroatoms. The maximum absolute atomic E-state index is 13.5. The van der Waals surface area contributed by atoms with Crippen LogP contribution in [0, 0.1) is 0 Å². The molecule has 2 N–H and O–H groups in total. The number of nitrogens with one attached hydrogen (secondary N) is 2. The van der Waals surface area contributed by atoms with Gasteiger partial charge in [-0.1, -0.05) is 11.6 Å².